The molecule has 0 atom stereocenters. The Morgan fingerprint density at radius 3 is 2.55 bits per heavy atom. The van der Waals surface area contributed by atoms with Crippen LogP contribution in [0, 0.1) is 11.3 Å². The van der Waals surface area contributed by atoms with Crippen molar-refractivity contribution < 1.29 is 8.95 Å². The molecule has 2 aromatic carbocycles. The van der Waals surface area contributed by atoms with Crippen LogP contribution in [-0.4, -0.2) is 36.3 Å². The third kappa shape index (κ3) is 3.67. The maximum absolute atomic E-state index is 11.2. The van der Waals surface area contributed by atoms with Gasteiger partial charge >= 0.3 is 16.6 Å². The van der Waals surface area contributed by atoms with Crippen LogP contribution in [0.5, 0.6) is 0 Å². The predicted octanol–water partition coefficient (Wildman–Crippen LogP) is 4.39. The molecule has 0 radical (unpaired) electrons. The van der Waals surface area contributed by atoms with Gasteiger partial charge in [-0.1, -0.05) is 12.1 Å². The molecule has 2 aromatic heterocycles. The first kappa shape index (κ1) is 19.4. The number of aromatic nitrogens is 2. The molecule has 0 aliphatic carbocycles. The normalized spacial score (nSPS) is 13.8. The molecule has 1 N–H and O–H groups in total. The molecule has 3 heterocycles. The highest BCUT2D eigenvalue weighted by atomic mass is 32.1. The molecule has 0 unspecified atom stereocenters. The molecule has 0 amide bonds. The molecule has 0 saturated carbocycles. The average molecular weight is 428 g/mol. The van der Waals surface area contributed by atoms with Gasteiger partial charge in [0.1, 0.15) is 17.3 Å². The molecule has 4 aromatic rings. The molecule has 7 heteroatoms. The molecule has 152 valence electrons. The lowest BCUT2D eigenvalue weighted by Gasteiger charge is -2.28. The van der Waals surface area contributed by atoms with Crippen molar-refractivity contribution in [2.24, 2.45) is 0 Å². The number of nitriles is 1. The fourth-order valence-electron chi connectivity index (χ4n) is 3.97. The number of pyridine rings is 1. The smallest absolute Gasteiger partial charge is 0.378 e. The van der Waals surface area contributed by atoms with Crippen molar-refractivity contribution in [1.82, 2.24) is 9.97 Å². The summed E-state index contributed by atoms with van der Waals surface area (Å²) in [5.74, 6) is 0. The summed E-state index contributed by atoms with van der Waals surface area (Å²) >= 11 is 0.339. The van der Waals surface area contributed by atoms with E-state index < -0.39 is 0 Å². The number of benzene rings is 2. The minimum atomic E-state index is 0.339. The molecular weight excluding hydrogens is 408 g/mol. The number of ether oxygens (including phenoxy) is 1. The minimum Gasteiger partial charge on any atom is -0.378 e. The monoisotopic (exact) mass is 427 g/mol. The van der Waals surface area contributed by atoms with Crippen LogP contribution < -0.4 is 4.90 Å². The van der Waals surface area contributed by atoms with Crippen LogP contribution in [0.1, 0.15) is 5.56 Å². The Balaban J connectivity index is 1.51. The van der Waals surface area contributed by atoms with Crippen molar-refractivity contribution in [3.63, 3.8) is 0 Å². The Bertz CT molecular complexity index is 1300. The van der Waals surface area contributed by atoms with Crippen molar-refractivity contribution in [1.29, 1.82) is 5.26 Å². The fourth-order valence-corrected chi connectivity index (χ4v) is 4.28. The Morgan fingerprint density at radius 1 is 1.03 bits per heavy atom. The van der Waals surface area contributed by atoms with Gasteiger partial charge in [-0.3, -0.25) is 0 Å². The number of aromatic amines is 1. The van der Waals surface area contributed by atoms with Crippen LogP contribution in [0.2, 0.25) is 0 Å². The van der Waals surface area contributed by atoms with Gasteiger partial charge in [-0.2, -0.15) is 5.26 Å². The van der Waals surface area contributed by atoms with Crippen LogP contribution in [0.25, 0.3) is 33.4 Å². The maximum Gasteiger partial charge on any atom is 0.506 e. The van der Waals surface area contributed by atoms with Gasteiger partial charge in [0, 0.05) is 46.3 Å². The van der Waals surface area contributed by atoms with Crippen LogP contribution in [-0.2, 0) is 20.6 Å². The van der Waals surface area contributed by atoms with Crippen LogP contribution >= 0.6 is 0 Å². The van der Waals surface area contributed by atoms with Crippen LogP contribution in [0.4, 0.5) is 5.69 Å². The van der Waals surface area contributed by atoms with Crippen molar-refractivity contribution >= 4 is 28.4 Å². The summed E-state index contributed by atoms with van der Waals surface area (Å²) in [5.41, 5.74) is 6.28. The number of anilines is 1. The van der Waals surface area contributed by atoms with Gasteiger partial charge < -0.3 is 14.6 Å². The summed E-state index contributed by atoms with van der Waals surface area (Å²) in [6.45, 7) is 3.35. The van der Waals surface area contributed by atoms with Crippen molar-refractivity contribution in [2.45, 2.75) is 4.90 Å². The van der Waals surface area contributed by atoms with Gasteiger partial charge in [-0.05, 0) is 53.1 Å². The minimum absolute atomic E-state index is 0.339. The van der Waals surface area contributed by atoms with Crippen molar-refractivity contribution in [3.05, 3.63) is 66.4 Å². The topological polar surface area (TPSA) is 82.0 Å². The number of H-pyrrole nitrogens is 1. The predicted molar refractivity (Wildman–Crippen MR) is 121 cm³/mol. The number of nitrogens with one attached hydrogen (secondary N) is 1. The van der Waals surface area contributed by atoms with E-state index in [1.165, 1.54) is 5.69 Å². The summed E-state index contributed by atoms with van der Waals surface area (Å²) in [5, 5.41) is 10.3. The van der Waals surface area contributed by atoms with E-state index >= 15 is 0 Å². The zero-order valence-electron chi connectivity index (χ0n) is 16.7. The van der Waals surface area contributed by atoms with E-state index in [1.54, 1.807) is 18.3 Å². The molecule has 31 heavy (non-hydrogen) atoms. The second-order valence-corrected chi connectivity index (χ2v) is 7.96. The van der Waals surface area contributed by atoms with Gasteiger partial charge in [0.25, 0.3) is 0 Å². The fraction of sp³-hybridized carbons (Fsp3) is 0.167. The third-order valence-electron chi connectivity index (χ3n) is 5.59. The number of fused-ring (bicyclic) bond motifs is 1. The number of nitrogens with zero attached hydrogens (tertiary/aromatic N) is 3. The highest BCUT2D eigenvalue weighted by Gasteiger charge is 2.17. The zero-order valence-corrected chi connectivity index (χ0v) is 17.5. The highest BCUT2D eigenvalue weighted by Crippen LogP contribution is 2.33. The van der Waals surface area contributed by atoms with E-state index in [2.05, 4.69) is 51.3 Å². The lowest BCUT2D eigenvalue weighted by Crippen LogP contribution is -2.36. The molecule has 5 rings (SSSR count). The van der Waals surface area contributed by atoms with Gasteiger partial charge in [-0.25, -0.2) is 4.98 Å². The van der Waals surface area contributed by atoms with Gasteiger partial charge in [0.15, 0.2) is 0 Å². The number of hydrogen-bond acceptors (Lipinski definition) is 5. The first-order valence-corrected chi connectivity index (χ1v) is 10.8. The zero-order chi connectivity index (χ0) is 21.2. The molecule has 1 aliphatic heterocycles. The highest BCUT2D eigenvalue weighted by molar-refractivity contribution is 7.65. The Labute approximate surface area is 183 Å². The average Bonchev–Trinajstić information content (AvgIpc) is 3.29. The Morgan fingerprint density at radius 2 is 1.81 bits per heavy atom. The van der Waals surface area contributed by atoms with Gasteiger partial charge in [0.05, 0.1) is 13.2 Å². The standard InChI is InChI=1S/C24H19N4O2S/c25-15-18-13-17(3-6-23(18)31-29)20-7-8-26-24-21(20)14-22(27-24)16-1-4-19(5-2-16)28-9-11-30-12-10-28/h1-8,13-14H,9-12H2,(H,26,27)/q+1. The van der Waals surface area contributed by atoms with Gasteiger partial charge in [-0.15, -0.1) is 0 Å². The molecule has 6 nitrogen and oxygen atoms in total. The molecule has 1 fully saturated rings. The summed E-state index contributed by atoms with van der Waals surface area (Å²) in [7, 11) is 0. The summed E-state index contributed by atoms with van der Waals surface area (Å²) in [6.07, 6.45) is 1.75. The quantitative estimate of drug-likeness (QED) is 0.489. The number of morpholine rings is 1. The van der Waals surface area contributed by atoms with E-state index in [0.717, 1.165) is 59.7 Å². The van der Waals surface area contributed by atoms with Crippen molar-refractivity contribution in [3.8, 4) is 28.5 Å². The number of rotatable bonds is 4. The van der Waals surface area contributed by atoms with Crippen molar-refractivity contribution in [2.75, 3.05) is 31.2 Å². The van der Waals surface area contributed by atoms with Crippen LogP contribution in [0.3, 0.4) is 0 Å². The molecule has 1 saturated heterocycles. The third-order valence-corrected chi connectivity index (χ3v) is 6.12. The Hall–Kier alpha value is -3.60. The van der Waals surface area contributed by atoms with Gasteiger partial charge in [0.2, 0.25) is 0 Å². The molecule has 1 aliphatic rings. The molecular formula is C24H19N4O2S+. The van der Waals surface area contributed by atoms with E-state index in [9.17, 15) is 9.47 Å². The molecule has 0 bridgehead atoms. The van der Waals surface area contributed by atoms with E-state index in [4.69, 9.17) is 4.74 Å². The maximum atomic E-state index is 11.2. The summed E-state index contributed by atoms with van der Waals surface area (Å²) < 4.78 is 16.6. The second-order valence-electron chi connectivity index (χ2n) is 7.36. The lowest BCUT2D eigenvalue weighted by atomic mass is 10.0. The molecule has 0 spiro atoms. The van der Waals surface area contributed by atoms with Crippen LogP contribution in [0.15, 0.2) is 65.7 Å². The Kier molecular flexibility index (Phi) is 5.16. The summed E-state index contributed by atoms with van der Waals surface area (Å²) in [6, 6.07) is 20.0. The summed E-state index contributed by atoms with van der Waals surface area (Å²) in [4.78, 5) is 10.7. The second kappa shape index (κ2) is 8.26. The SMILES string of the molecule is N#Cc1cc(-c2ccnc3[nH]c(-c4ccc(N5CCOCC5)cc4)cc23)ccc1[S+]=O. The largest absolute Gasteiger partial charge is 0.506 e. The lowest BCUT2D eigenvalue weighted by molar-refractivity contribution is 0.122. The first-order chi connectivity index (χ1) is 15.3. The van der Waals surface area contributed by atoms with E-state index in [0.29, 0.717) is 22.1 Å². The number of hydrogen-bond donors (Lipinski definition) is 1. The van der Waals surface area contributed by atoms with E-state index in [1.807, 2.05) is 12.1 Å². The first-order valence-electron chi connectivity index (χ1n) is 10.0. The van der Waals surface area contributed by atoms with E-state index in [-0.39, 0.29) is 0 Å².